The number of carbonyl (C=O) groups excluding carboxylic acids is 2. The van der Waals surface area contributed by atoms with Crippen molar-refractivity contribution in [2.24, 2.45) is 5.92 Å². The van der Waals surface area contributed by atoms with Crippen LogP contribution in [0.15, 0.2) is 54.7 Å². The Kier molecular flexibility index (Phi) is 6.72. The van der Waals surface area contributed by atoms with Crippen LogP contribution in [0.2, 0.25) is 0 Å². The molecule has 1 heterocycles. The van der Waals surface area contributed by atoms with Crippen molar-refractivity contribution in [1.82, 2.24) is 4.57 Å². The van der Waals surface area contributed by atoms with Gasteiger partial charge in [-0.15, -0.1) is 0 Å². The van der Waals surface area contributed by atoms with Gasteiger partial charge < -0.3 is 20.6 Å². The van der Waals surface area contributed by atoms with Crippen molar-refractivity contribution in [3.63, 3.8) is 0 Å². The second kappa shape index (κ2) is 9.30. The Labute approximate surface area is 185 Å². The largest absolute Gasteiger partial charge is 0.347 e. The van der Waals surface area contributed by atoms with Crippen LogP contribution in [0.1, 0.15) is 32.8 Å². The van der Waals surface area contributed by atoms with Crippen LogP contribution in [0, 0.1) is 11.3 Å². The number of aryl methyl sites for hydroxylation is 1. The number of hydrogen-bond donors (Lipinski definition) is 3. The summed E-state index contributed by atoms with van der Waals surface area (Å²) < 4.78 is 29.2. The summed E-state index contributed by atoms with van der Waals surface area (Å²) in [6.07, 6.45) is 2.94. The lowest BCUT2D eigenvalue weighted by atomic mass is 10.0. The molecular weight excluding hydrogens is 414 g/mol. The molecule has 6 nitrogen and oxygen atoms in total. The molecule has 3 N–H and O–H groups in total. The molecule has 0 saturated heterocycles. The topological polar surface area (TPSA) is 87.0 Å². The van der Waals surface area contributed by atoms with E-state index in [-0.39, 0.29) is 17.0 Å². The molecule has 1 atom stereocenters. The Morgan fingerprint density at radius 1 is 1.06 bits per heavy atom. The van der Waals surface area contributed by atoms with Crippen molar-refractivity contribution in [1.29, 1.82) is 5.41 Å². The van der Waals surface area contributed by atoms with E-state index in [1.807, 2.05) is 24.4 Å². The third-order valence-electron chi connectivity index (χ3n) is 5.10. The molecule has 32 heavy (non-hydrogen) atoms. The van der Waals surface area contributed by atoms with Gasteiger partial charge in [-0.2, -0.15) is 0 Å². The van der Waals surface area contributed by atoms with Crippen LogP contribution in [0.3, 0.4) is 0 Å². The zero-order chi connectivity index (χ0) is 23.5. The fraction of sp³-hybridized carbons (Fsp3) is 0.292. The molecule has 0 aliphatic heterocycles. The maximum absolute atomic E-state index is 13.6. The molecule has 3 aromatic rings. The monoisotopic (exact) mass is 440 g/mol. The second-order valence-electron chi connectivity index (χ2n) is 7.85. The van der Waals surface area contributed by atoms with Gasteiger partial charge in [-0.05, 0) is 49.1 Å². The van der Waals surface area contributed by atoms with Gasteiger partial charge in [-0.1, -0.05) is 25.1 Å². The Morgan fingerprint density at radius 3 is 2.31 bits per heavy atom. The van der Waals surface area contributed by atoms with Gasteiger partial charge in [0.15, 0.2) is 5.92 Å². The summed E-state index contributed by atoms with van der Waals surface area (Å²) in [4.78, 5) is 25.6. The number of amides is 2. The summed E-state index contributed by atoms with van der Waals surface area (Å²) in [6, 6.07) is 12.7. The quantitative estimate of drug-likeness (QED) is 0.324. The van der Waals surface area contributed by atoms with Crippen molar-refractivity contribution in [2.75, 3.05) is 10.6 Å². The number of halogens is 2. The van der Waals surface area contributed by atoms with E-state index in [0.717, 1.165) is 36.9 Å². The maximum Gasteiger partial charge on any atom is 0.270 e. The number of fused-ring (bicyclic) bond motifs is 1. The van der Waals surface area contributed by atoms with Crippen molar-refractivity contribution < 1.29 is 18.4 Å². The number of rotatable bonds is 8. The lowest BCUT2D eigenvalue weighted by molar-refractivity contribution is -0.126. The predicted molar refractivity (Wildman–Crippen MR) is 122 cm³/mol. The molecule has 1 aromatic heterocycles. The van der Waals surface area contributed by atoms with Gasteiger partial charge in [0.1, 0.15) is 0 Å². The van der Waals surface area contributed by atoms with Crippen LogP contribution in [0.4, 0.5) is 20.2 Å². The minimum absolute atomic E-state index is 0.131. The van der Waals surface area contributed by atoms with E-state index in [9.17, 15) is 18.4 Å². The number of carbonyl (C=O) groups is 2. The average molecular weight is 440 g/mol. The van der Waals surface area contributed by atoms with Crippen LogP contribution < -0.4 is 10.6 Å². The second-order valence-corrected chi connectivity index (χ2v) is 7.85. The van der Waals surface area contributed by atoms with Crippen LogP contribution in [-0.4, -0.2) is 22.1 Å². The molecule has 0 fully saturated rings. The lowest BCUT2D eigenvalue weighted by Crippen LogP contribution is -2.38. The zero-order valence-corrected chi connectivity index (χ0v) is 18.2. The molecule has 0 radical (unpaired) electrons. The highest BCUT2D eigenvalue weighted by Gasteiger charge is 2.30. The first-order valence-corrected chi connectivity index (χ1v) is 10.3. The standard InChI is InChI=1S/C24H26F2N4O2/c1-4-11-30-12-10-16-8-9-19(14-20(16)30)29-23(32)21(15(2)27)22(31)28-18-7-5-6-17(13-18)24(3,25)26/h5-10,12-14,21,27H,4,11H2,1-3H3,(H,28,31)(H,29,32). The highest BCUT2D eigenvalue weighted by molar-refractivity contribution is 6.24. The highest BCUT2D eigenvalue weighted by Crippen LogP contribution is 2.29. The van der Waals surface area contributed by atoms with Gasteiger partial charge >= 0.3 is 0 Å². The number of aromatic nitrogens is 1. The molecule has 168 valence electrons. The predicted octanol–water partition coefficient (Wildman–Crippen LogP) is 5.40. The molecule has 8 heteroatoms. The summed E-state index contributed by atoms with van der Waals surface area (Å²) in [5.74, 6) is -5.90. The summed E-state index contributed by atoms with van der Waals surface area (Å²) in [5, 5.41) is 14.1. The van der Waals surface area contributed by atoms with Gasteiger partial charge in [-0.3, -0.25) is 9.59 Å². The first-order valence-electron chi connectivity index (χ1n) is 10.3. The minimum Gasteiger partial charge on any atom is -0.347 e. The van der Waals surface area contributed by atoms with Crippen LogP contribution in [0.25, 0.3) is 10.9 Å². The molecule has 3 rings (SSSR count). The number of nitrogens with zero attached hydrogens (tertiary/aromatic N) is 1. The average Bonchev–Trinajstić information content (AvgIpc) is 3.10. The first-order chi connectivity index (χ1) is 15.1. The van der Waals surface area contributed by atoms with E-state index in [1.54, 1.807) is 6.07 Å². The Hall–Kier alpha value is -3.55. The normalized spacial score (nSPS) is 12.4. The fourth-order valence-corrected chi connectivity index (χ4v) is 3.51. The summed E-state index contributed by atoms with van der Waals surface area (Å²) >= 11 is 0. The Balaban J connectivity index is 1.79. The van der Waals surface area contributed by atoms with E-state index in [2.05, 4.69) is 22.1 Å². The number of nitrogens with one attached hydrogen (secondary N) is 3. The van der Waals surface area contributed by atoms with Gasteiger partial charge in [0.25, 0.3) is 5.92 Å². The molecule has 0 aliphatic carbocycles. The van der Waals surface area contributed by atoms with Crippen molar-refractivity contribution in [2.45, 2.75) is 39.7 Å². The third-order valence-corrected chi connectivity index (χ3v) is 5.10. The maximum atomic E-state index is 13.6. The van der Waals surface area contributed by atoms with E-state index >= 15 is 0 Å². The fourth-order valence-electron chi connectivity index (χ4n) is 3.51. The van der Waals surface area contributed by atoms with Gasteiger partial charge in [-0.25, -0.2) is 8.78 Å². The van der Waals surface area contributed by atoms with Crippen molar-refractivity contribution >= 4 is 39.8 Å². The highest BCUT2D eigenvalue weighted by atomic mass is 19.3. The van der Waals surface area contributed by atoms with E-state index in [4.69, 9.17) is 5.41 Å². The Morgan fingerprint density at radius 2 is 1.72 bits per heavy atom. The molecule has 2 aromatic carbocycles. The number of benzene rings is 2. The van der Waals surface area contributed by atoms with Gasteiger partial charge in [0.05, 0.1) is 5.52 Å². The number of anilines is 2. The molecule has 1 unspecified atom stereocenters. The van der Waals surface area contributed by atoms with Crippen LogP contribution >= 0.6 is 0 Å². The Bertz CT molecular complexity index is 1160. The van der Waals surface area contributed by atoms with Crippen molar-refractivity contribution in [3.05, 3.63) is 60.3 Å². The van der Waals surface area contributed by atoms with Crippen LogP contribution in [-0.2, 0) is 22.1 Å². The zero-order valence-electron chi connectivity index (χ0n) is 18.2. The smallest absolute Gasteiger partial charge is 0.270 e. The van der Waals surface area contributed by atoms with Crippen molar-refractivity contribution in [3.8, 4) is 0 Å². The summed E-state index contributed by atoms with van der Waals surface area (Å²) in [6.45, 7) is 5.03. The molecule has 0 saturated carbocycles. The van der Waals surface area contributed by atoms with Crippen LogP contribution in [0.5, 0.6) is 0 Å². The summed E-state index contributed by atoms with van der Waals surface area (Å²) in [7, 11) is 0. The molecule has 0 bridgehead atoms. The number of hydrogen-bond acceptors (Lipinski definition) is 3. The summed E-state index contributed by atoms with van der Waals surface area (Å²) in [5.41, 5.74) is 1.17. The lowest BCUT2D eigenvalue weighted by Gasteiger charge is -2.17. The molecular formula is C24H26F2N4O2. The molecule has 0 aliphatic rings. The molecule has 0 spiro atoms. The first kappa shape index (κ1) is 23.1. The number of alkyl halides is 2. The third kappa shape index (κ3) is 5.19. The van der Waals surface area contributed by atoms with Gasteiger partial charge in [0.2, 0.25) is 11.8 Å². The van der Waals surface area contributed by atoms with E-state index in [1.165, 1.54) is 25.1 Å². The minimum atomic E-state index is -3.07. The van der Waals surface area contributed by atoms with E-state index < -0.39 is 23.7 Å². The molecule has 2 amide bonds. The van der Waals surface area contributed by atoms with Gasteiger partial charge in [0, 0.05) is 42.3 Å². The van der Waals surface area contributed by atoms with E-state index in [0.29, 0.717) is 5.69 Å². The SMILES string of the molecule is CCCn1ccc2ccc(NC(=O)C(C(C)=N)C(=O)Nc3cccc(C(C)(F)F)c3)cc21.